The van der Waals surface area contributed by atoms with E-state index in [4.69, 9.17) is 18.7 Å². The lowest BCUT2D eigenvalue weighted by atomic mass is 9.99. The van der Waals surface area contributed by atoms with E-state index in [2.05, 4.69) is 15.2 Å². The van der Waals surface area contributed by atoms with Crippen LogP contribution in [0.2, 0.25) is 0 Å². The van der Waals surface area contributed by atoms with E-state index in [0.29, 0.717) is 41.8 Å². The maximum absolute atomic E-state index is 13.3. The number of nitrogens with zero attached hydrogens (tertiary/aromatic N) is 4. The third-order valence-corrected chi connectivity index (χ3v) is 5.96. The summed E-state index contributed by atoms with van der Waals surface area (Å²) in [4.78, 5) is 37.7. The minimum atomic E-state index is -0.553. The predicted octanol–water partition coefficient (Wildman–Crippen LogP) is 3.77. The van der Waals surface area contributed by atoms with Crippen LogP contribution in [0.3, 0.4) is 0 Å². The molecule has 4 rings (SSSR count). The zero-order valence-electron chi connectivity index (χ0n) is 19.7. The van der Waals surface area contributed by atoms with Crippen molar-refractivity contribution in [1.82, 2.24) is 20.2 Å². The van der Waals surface area contributed by atoms with Crippen LogP contribution in [0.1, 0.15) is 43.7 Å². The van der Waals surface area contributed by atoms with Crippen LogP contribution < -0.4 is 4.90 Å². The molecule has 0 spiro atoms. The number of fused-ring (bicyclic) bond motifs is 1. The molecule has 182 valence electrons. The van der Waals surface area contributed by atoms with E-state index in [-0.39, 0.29) is 24.5 Å². The molecule has 0 unspecified atom stereocenters. The molecule has 2 atom stereocenters. The number of pyridine rings is 1. The maximum atomic E-state index is 13.3. The molecule has 3 aromatic heterocycles. The van der Waals surface area contributed by atoms with Gasteiger partial charge < -0.3 is 13.9 Å². The first-order valence-electron chi connectivity index (χ1n) is 11.3. The summed E-state index contributed by atoms with van der Waals surface area (Å²) >= 11 is 0. The summed E-state index contributed by atoms with van der Waals surface area (Å²) < 4.78 is 17.2. The summed E-state index contributed by atoms with van der Waals surface area (Å²) in [6, 6.07) is 1.54. The summed E-state index contributed by atoms with van der Waals surface area (Å²) in [7, 11) is 2.86. The van der Waals surface area contributed by atoms with Gasteiger partial charge in [0.15, 0.2) is 5.58 Å². The number of aromatic nitrogens is 3. The first-order chi connectivity index (χ1) is 16.5. The number of nitrogens with one attached hydrogen (secondary N) is 1. The molecule has 3 aromatic rings. The lowest BCUT2D eigenvalue weighted by molar-refractivity contribution is -0.0772. The van der Waals surface area contributed by atoms with Gasteiger partial charge in [-0.05, 0) is 32.3 Å². The molecule has 11 heteroatoms. The molecule has 0 bridgehead atoms. The zero-order valence-corrected chi connectivity index (χ0v) is 19.7. The Morgan fingerprint density at radius 2 is 2.12 bits per heavy atom. The van der Waals surface area contributed by atoms with Gasteiger partial charge in [-0.25, -0.2) is 9.86 Å². The molecule has 4 heterocycles. The van der Waals surface area contributed by atoms with E-state index in [1.54, 1.807) is 25.4 Å². The Labute approximate surface area is 196 Å². The summed E-state index contributed by atoms with van der Waals surface area (Å²) in [5.74, 6) is -0.565. The fraction of sp³-hybridized carbons (Fsp3) is 0.478. The minimum absolute atomic E-state index is 0.00204. The van der Waals surface area contributed by atoms with E-state index in [1.165, 1.54) is 25.3 Å². The quantitative estimate of drug-likeness (QED) is 0.517. The van der Waals surface area contributed by atoms with E-state index < -0.39 is 12.0 Å². The van der Waals surface area contributed by atoms with Crippen LogP contribution >= 0.6 is 0 Å². The van der Waals surface area contributed by atoms with Gasteiger partial charge in [-0.1, -0.05) is 6.92 Å². The second kappa shape index (κ2) is 10.2. The average Bonchev–Trinajstić information content (AvgIpc) is 3.52. The van der Waals surface area contributed by atoms with Crippen molar-refractivity contribution in [2.24, 2.45) is 0 Å². The van der Waals surface area contributed by atoms with Gasteiger partial charge in [0, 0.05) is 36.8 Å². The van der Waals surface area contributed by atoms with Crippen LogP contribution in [0.15, 0.2) is 29.1 Å². The number of aromatic amines is 1. The maximum Gasteiger partial charge on any atom is 0.414 e. The standard InChI is InChI=1S/C23H29N5O6/c1-5-16-9-15(7-8-33-16)28(23(30)32-6-2)20-17-10-18(14-11-25-26-12-14)24-13-19(17)34-21(20)22(29)27(3)31-4/h10-13,15-16H,5-9H2,1-4H3,(H,25,26)/t15-,16-/m0/s1. The number of carbonyl (C=O) groups is 2. The smallest absolute Gasteiger partial charge is 0.414 e. The van der Waals surface area contributed by atoms with E-state index in [9.17, 15) is 9.59 Å². The number of H-pyrrole nitrogens is 1. The molecule has 2 amide bonds. The van der Waals surface area contributed by atoms with Gasteiger partial charge >= 0.3 is 12.0 Å². The Hall–Kier alpha value is -3.44. The third-order valence-electron chi connectivity index (χ3n) is 5.96. The second-order valence-electron chi connectivity index (χ2n) is 7.97. The molecule has 0 aliphatic carbocycles. The van der Waals surface area contributed by atoms with E-state index >= 15 is 0 Å². The highest BCUT2D eigenvalue weighted by Crippen LogP contribution is 2.39. The molecular formula is C23H29N5O6. The van der Waals surface area contributed by atoms with Gasteiger partial charge in [-0.2, -0.15) is 5.10 Å². The molecule has 1 N–H and O–H groups in total. The van der Waals surface area contributed by atoms with Crippen molar-refractivity contribution in [2.45, 2.75) is 45.3 Å². The number of ether oxygens (including phenoxy) is 2. The summed E-state index contributed by atoms with van der Waals surface area (Å²) in [5, 5.41) is 8.36. The first-order valence-corrected chi connectivity index (χ1v) is 11.3. The Morgan fingerprint density at radius 1 is 1.29 bits per heavy atom. The fourth-order valence-corrected chi connectivity index (χ4v) is 4.14. The Kier molecular flexibility index (Phi) is 7.13. The van der Waals surface area contributed by atoms with Crippen molar-refractivity contribution in [3.8, 4) is 11.3 Å². The molecular weight excluding hydrogens is 442 g/mol. The van der Waals surface area contributed by atoms with Crippen molar-refractivity contribution < 1.29 is 28.3 Å². The number of amides is 2. The van der Waals surface area contributed by atoms with Gasteiger partial charge in [-0.3, -0.25) is 24.6 Å². The number of anilines is 1. The molecule has 1 aliphatic heterocycles. The normalized spacial score (nSPS) is 18.1. The van der Waals surface area contributed by atoms with Crippen molar-refractivity contribution >= 4 is 28.7 Å². The lowest BCUT2D eigenvalue weighted by Crippen LogP contribution is -2.46. The van der Waals surface area contributed by atoms with Crippen LogP contribution in [0, 0.1) is 0 Å². The molecule has 0 saturated carbocycles. The molecule has 1 aliphatic rings. The van der Waals surface area contributed by atoms with Crippen LogP contribution in [-0.4, -0.2) is 71.8 Å². The molecule has 1 saturated heterocycles. The third kappa shape index (κ3) is 4.48. The van der Waals surface area contributed by atoms with E-state index in [0.717, 1.165) is 17.0 Å². The highest BCUT2D eigenvalue weighted by atomic mass is 16.7. The number of furan rings is 1. The first kappa shape index (κ1) is 23.7. The van der Waals surface area contributed by atoms with Gasteiger partial charge in [-0.15, -0.1) is 0 Å². The van der Waals surface area contributed by atoms with Gasteiger partial charge in [0.05, 0.1) is 37.9 Å². The van der Waals surface area contributed by atoms with Crippen LogP contribution in [0.5, 0.6) is 0 Å². The van der Waals surface area contributed by atoms with Crippen LogP contribution in [0.4, 0.5) is 10.5 Å². The Balaban J connectivity index is 1.92. The molecule has 34 heavy (non-hydrogen) atoms. The average molecular weight is 472 g/mol. The topological polar surface area (TPSA) is 123 Å². The van der Waals surface area contributed by atoms with Gasteiger partial charge in [0.25, 0.3) is 0 Å². The Bertz CT molecular complexity index is 1140. The molecule has 11 nitrogen and oxygen atoms in total. The van der Waals surface area contributed by atoms with Crippen molar-refractivity contribution in [1.29, 1.82) is 0 Å². The van der Waals surface area contributed by atoms with Crippen molar-refractivity contribution in [3.63, 3.8) is 0 Å². The lowest BCUT2D eigenvalue weighted by Gasteiger charge is -2.36. The SMILES string of the molecule is CCOC(=O)N(c1c(C(=O)N(C)OC)oc2cnc(-c3cn[nH]c3)cc12)[C@H]1CCO[C@@H](CC)C1. The molecule has 0 radical (unpaired) electrons. The van der Waals surface area contributed by atoms with Crippen LogP contribution in [-0.2, 0) is 14.3 Å². The number of rotatable bonds is 7. The van der Waals surface area contributed by atoms with Crippen LogP contribution in [0.25, 0.3) is 22.2 Å². The van der Waals surface area contributed by atoms with Gasteiger partial charge in [0.2, 0.25) is 5.76 Å². The zero-order chi connectivity index (χ0) is 24.2. The number of hydrogen-bond acceptors (Lipinski definition) is 8. The Morgan fingerprint density at radius 3 is 2.79 bits per heavy atom. The van der Waals surface area contributed by atoms with E-state index in [1.807, 2.05) is 6.92 Å². The number of hydroxylamine groups is 2. The van der Waals surface area contributed by atoms with Crippen molar-refractivity contribution in [2.75, 3.05) is 32.3 Å². The minimum Gasteiger partial charge on any atom is -0.449 e. The highest BCUT2D eigenvalue weighted by Gasteiger charge is 2.38. The summed E-state index contributed by atoms with van der Waals surface area (Å²) in [6.07, 6.45) is 6.35. The monoisotopic (exact) mass is 471 g/mol. The summed E-state index contributed by atoms with van der Waals surface area (Å²) in [6.45, 7) is 4.47. The van der Waals surface area contributed by atoms with Gasteiger partial charge in [0.1, 0.15) is 5.69 Å². The van der Waals surface area contributed by atoms with Crippen molar-refractivity contribution in [3.05, 3.63) is 30.4 Å². The number of hydrogen-bond donors (Lipinski definition) is 1. The number of carbonyl (C=O) groups excluding carboxylic acids is 2. The molecule has 0 aromatic carbocycles. The second-order valence-corrected chi connectivity index (χ2v) is 7.97. The fourth-order valence-electron chi connectivity index (χ4n) is 4.14. The largest absolute Gasteiger partial charge is 0.449 e. The molecule has 1 fully saturated rings. The summed E-state index contributed by atoms with van der Waals surface area (Å²) in [5.41, 5.74) is 2.07. The highest BCUT2D eigenvalue weighted by molar-refractivity contribution is 6.11. The predicted molar refractivity (Wildman–Crippen MR) is 123 cm³/mol.